The zero-order valence-electron chi connectivity index (χ0n) is 10.5. The van der Waals surface area contributed by atoms with Crippen LogP contribution >= 0.6 is 11.6 Å². The molecule has 0 aliphatic rings. The monoisotopic (exact) mass is 258 g/mol. The van der Waals surface area contributed by atoms with Crippen LogP contribution in [-0.4, -0.2) is 6.29 Å². The first-order valence-electron chi connectivity index (χ1n) is 6.00. The van der Waals surface area contributed by atoms with Gasteiger partial charge in [0.25, 0.3) is 0 Å². The van der Waals surface area contributed by atoms with Gasteiger partial charge >= 0.3 is 0 Å². The smallest absolute Gasteiger partial charge is 0.124 e. The molecule has 0 amide bonds. The largest absolute Gasteiger partial charge is 0.303 e. The van der Waals surface area contributed by atoms with Crippen molar-refractivity contribution in [2.75, 3.05) is 0 Å². The van der Waals surface area contributed by atoms with Gasteiger partial charge < -0.3 is 4.79 Å². The molecule has 0 fully saturated rings. The maximum absolute atomic E-state index is 12.1. The van der Waals surface area contributed by atoms with Crippen LogP contribution in [-0.2, 0) is 4.79 Å². The Labute approximate surface area is 108 Å². The molecule has 0 saturated carbocycles. The van der Waals surface area contributed by atoms with Gasteiger partial charge in [-0.1, -0.05) is 44.4 Å². The van der Waals surface area contributed by atoms with E-state index < -0.39 is 0 Å². The molecule has 1 atom stereocenters. The summed E-state index contributed by atoms with van der Waals surface area (Å²) in [5.41, 5.74) is 0. The third kappa shape index (κ3) is 8.87. The number of hydrogen-bond acceptors (Lipinski definition) is 1. The molecule has 1 aromatic rings. The topological polar surface area (TPSA) is 17.1 Å². The van der Waals surface area contributed by atoms with Crippen LogP contribution in [0, 0.1) is 11.7 Å². The summed E-state index contributed by atoms with van der Waals surface area (Å²) in [4.78, 5) is 10.2. The standard InChI is InChI=1S/C8H16O.C6H4ClF/c1-3-5-6-8(4-2)7-9;7-5-2-1-3-6(8)4-5/h7-8H,3-6H2,1-2H3;1-4H. The van der Waals surface area contributed by atoms with E-state index in [0.29, 0.717) is 10.9 Å². The van der Waals surface area contributed by atoms with Gasteiger partial charge in [-0.05, 0) is 31.0 Å². The number of halogens is 2. The second-order valence-corrected chi connectivity index (χ2v) is 4.32. The summed E-state index contributed by atoms with van der Waals surface area (Å²) < 4.78 is 12.1. The molecule has 0 aliphatic carbocycles. The van der Waals surface area contributed by atoms with Gasteiger partial charge in [0.15, 0.2) is 0 Å². The highest BCUT2D eigenvalue weighted by molar-refractivity contribution is 6.30. The van der Waals surface area contributed by atoms with E-state index in [-0.39, 0.29) is 5.82 Å². The molecule has 0 spiro atoms. The number of carbonyl (C=O) groups is 1. The molecule has 0 bridgehead atoms. The van der Waals surface area contributed by atoms with Crippen LogP contribution in [0.1, 0.15) is 39.5 Å². The Balaban J connectivity index is 0.000000302. The fraction of sp³-hybridized carbons (Fsp3) is 0.500. The molecule has 1 unspecified atom stereocenters. The van der Waals surface area contributed by atoms with Crippen LogP contribution in [0.4, 0.5) is 4.39 Å². The highest BCUT2D eigenvalue weighted by atomic mass is 35.5. The maximum atomic E-state index is 12.1. The van der Waals surface area contributed by atoms with Crippen molar-refractivity contribution in [3.8, 4) is 0 Å². The van der Waals surface area contributed by atoms with Crippen LogP contribution in [0.5, 0.6) is 0 Å². The Morgan fingerprint density at radius 3 is 2.47 bits per heavy atom. The van der Waals surface area contributed by atoms with Gasteiger partial charge in [-0.2, -0.15) is 0 Å². The van der Waals surface area contributed by atoms with E-state index in [1.807, 2.05) is 0 Å². The Kier molecular flexibility index (Phi) is 9.74. The average Bonchev–Trinajstić information content (AvgIpc) is 2.31. The Morgan fingerprint density at radius 1 is 1.41 bits per heavy atom. The Bertz CT molecular complexity index is 298. The predicted molar refractivity (Wildman–Crippen MR) is 70.8 cm³/mol. The van der Waals surface area contributed by atoms with Gasteiger partial charge in [-0.3, -0.25) is 0 Å². The number of unbranched alkanes of at least 4 members (excludes halogenated alkanes) is 1. The van der Waals surface area contributed by atoms with Gasteiger partial charge in [0.05, 0.1) is 0 Å². The van der Waals surface area contributed by atoms with Gasteiger partial charge in [0.1, 0.15) is 12.1 Å². The van der Waals surface area contributed by atoms with Gasteiger partial charge in [0, 0.05) is 10.9 Å². The van der Waals surface area contributed by atoms with Crippen molar-refractivity contribution in [1.82, 2.24) is 0 Å². The van der Waals surface area contributed by atoms with Gasteiger partial charge in [0.2, 0.25) is 0 Å². The first-order chi connectivity index (χ1) is 8.13. The van der Waals surface area contributed by atoms with E-state index in [4.69, 9.17) is 11.6 Å². The lowest BCUT2D eigenvalue weighted by Crippen LogP contribution is -1.98. The minimum atomic E-state index is -0.294. The number of hydrogen-bond donors (Lipinski definition) is 0. The van der Waals surface area contributed by atoms with E-state index in [1.54, 1.807) is 12.1 Å². The number of aldehydes is 1. The van der Waals surface area contributed by atoms with Crippen LogP contribution in [0.15, 0.2) is 24.3 Å². The van der Waals surface area contributed by atoms with Crippen molar-refractivity contribution in [3.63, 3.8) is 0 Å². The second kappa shape index (κ2) is 10.3. The summed E-state index contributed by atoms with van der Waals surface area (Å²) in [5, 5.41) is 0.435. The molecule has 0 aliphatic heterocycles. The molecule has 0 N–H and O–H groups in total. The zero-order chi connectivity index (χ0) is 13.1. The molecule has 0 saturated heterocycles. The third-order valence-corrected chi connectivity index (χ3v) is 2.67. The van der Waals surface area contributed by atoms with E-state index in [2.05, 4.69) is 13.8 Å². The van der Waals surface area contributed by atoms with E-state index in [9.17, 15) is 9.18 Å². The fourth-order valence-electron chi connectivity index (χ4n) is 1.29. The minimum absolute atomic E-state index is 0.294. The van der Waals surface area contributed by atoms with Crippen molar-refractivity contribution in [3.05, 3.63) is 35.1 Å². The lowest BCUT2D eigenvalue weighted by atomic mass is 10.0. The quantitative estimate of drug-likeness (QED) is 0.688. The molecule has 96 valence electrons. The average molecular weight is 259 g/mol. The summed E-state index contributed by atoms with van der Waals surface area (Å²) in [6.45, 7) is 4.21. The van der Waals surface area contributed by atoms with Crippen LogP contribution in [0.2, 0.25) is 5.02 Å². The normalized spacial score (nSPS) is 11.3. The molecular formula is C14H20ClFO. The minimum Gasteiger partial charge on any atom is -0.303 e. The highest BCUT2D eigenvalue weighted by Gasteiger charge is 2.01. The maximum Gasteiger partial charge on any atom is 0.124 e. The third-order valence-electron chi connectivity index (χ3n) is 2.43. The Hall–Kier alpha value is -0.890. The first kappa shape index (κ1) is 16.1. The summed E-state index contributed by atoms with van der Waals surface area (Å²) in [6, 6.07) is 5.82. The van der Waals surface area contributed by atoms with E-state index in [0.717, 1.165) is 19.1 Å². The van der Waals surface area contributed by atoms with Crippen LogP contribution < -0.4 is 0 Å². The molecule has 0 aromatic heterocycles. The summed E-state index contributed by atoms with van der Waals surface area (Å²) >= 11 is 5.40. The van der Waals surface area contributed by atoms with Crippen molar-refractivity contribution in [2.45, 2.75) is 39.5 Å². The Morgan fingerprint density at radius 2 is 2.12 bits per heavy atom. The highest BCUT2D eigenvalue weighted by Crippen LogP contribution is 2.08. The van der Waals surface area contributed by atoms with Crippen molar-refractivity contribution in [1.29, 1.82) is 0 Å². The first-order valence-corrected chi connectivity index (χ1v) is 6.38. The molecule has 0 heterocycles. The van der Waals surface area contributed by atoms with Crippen LogP contribution in [0.3, 0.4) is 0 Å². The van der Waals surface area contributed by atoms with E-state index in [1.165, 1.54) is 25.0 Å². The van der Waals surface area contributed by atoms with Gasteiger partial charge in [-0.15, -0.1) is 0 Å². The SMILES string of the molecule is CCCCC(C=O)CC.Fc1cccc(Cl)c1. The second-order valence-electron chi connectivity index (χ2n) is 3.89. The molecule has 3 heteroatoms. The summed E-state index contributed by atoms with van der Waals surface area (Å²) in [7, 11) is 0. The fourth-order valence-corrected chi connectivity index (χ4v) is 1.47. The molecular weight excluding hydrogens is 239 g/mol. The van der Waals surface area contributed by atoms with Crippen molar-refractivity contribution < 1.29 is 9.18 Å². The summed E-state index contributed by atoms with van der Waals surface area (Å²) in [5.74, 6) is 0.0300. The van der Waals surface area contributed by atoms with Gasteiger partial charge in [-0.25, -0.2) is 4.39 Å². The van der Waals surface area contributed by atoms with Crippen molar-refractivity contribution >= 4 is 17.9 Å². The van der Waals surface area contributed by atoms with E-state index >= 15 is 0 Å². The molecule has 1 rings (SSSR count). The number of rotatable bonds is 5. The van der Waals surface area contributed by atoms with Crippen molar-refractivity contribution in [2.24, 2.45) is 5.92 Å². The summed E-state index contributed by atoms with van der Waals surface area (Å²) in [6.07, 6.45) is 5.55. The molecule has 0 radical (unpaired) electrons. The zero-order valence-corrected chi connectivity index (χ0v) is 11.2. The molecule has 1 nitrogen and oxygen atoms in total. The molecule has 1 aromatic carbocycles. The lowest BCUT2D eigenvalue weighted by molar-refractivity contribution is -0.111. The number of benzene rings is 1. The predicted octanol–water partition coefficient (Wildman–Crippen LogP) is 4.88. The van der Waals surface area contributed by atoms with Crippen LogP contribution in [0.25, 0.3) is 0 Å². The number of carbonyl (C=O) groups excluding carboxylic acids is 1. The lowest BCUT2D eigenvalue weighted by Gasteiger charge is -2.03. The molecule has 17 heavy (non-hydrogen) atoms.